The van der Waals surface area contributed by atoms with Crippen LogP contribution in [0.1, 0.15) is 41.4 Å². The fourth-order valence-corrected chi connectivity index (χ4v) is 3.34. The van der Waals surface area contributed by atoms with Crippen LogP contribution in [0.25, 0.3) is 0 Å². The third kappa shape index (κ3) is 2.87. The highest BCUT2D eigenvalue weighted by Crippen LogP contribution is 2.38. The van der Waals surface area contributed by atoms with Crippen LogP contribution in [0, 0.1) is 0 Å². The van der Waals surface area contributed by atoms with E-state index in [1.807, 2.05) is 0 Å². The van der Waals surface area contributed by atoms with Crippen LogP contribution in [0.4, 0.5) is 0 Å². The van der Waals surface area contributed by atoms with Crippen LogP contribution in [-0.2, 0) is 19.5 Å². The van der Waals surface area contributed by atoms with Gasteiger partial charge in [-0.05, 0) is 24.5 Å². The van der Waals surface area contributed by atoms with Crippen molar-refractivity contribution in [2.24, 2.45) is 0 Å². The zero-order valence-electron chi connectivity index (χ0n) is 11.9. The summed E-state index contributed by atoms with van der Waals surface area (Å²) in [6, 6.07) is 8.46. The molecule has 1 aliphatic heterocycles. The Labute approximate surface area is 133 Å². The number of hydrogen-bond donors (Lipinski definition) is 0. The van der Waals surface area contributed by atoms with Crippen LogP contribution in [0.2, 0.25) is 0 Å². The van der Waals surface area contributed by atoms with Gasteiger partial charge >= 0.3 is 0 Å². The molecular formula is C17H18BrN3. The van der Waals surface area contributed by atoms with Gasteiger partial charge in [0.25, 0.3) is 0 Å². The summed E-state index contributed by atoms with van der Waals surface area (Å²) < 4.78 is 1.19. The molecule has 0 unspecified atom stereocenters. The third-order valence-corrected chi connectivity index (χ3v) is 5.10. The highest BCUT2D eigenvalue weighted by Gasteiger charge is 2.28. The molecule has 0 amide bonds. The van der Waals surface area contributed by atoms with E-state index in [0.29, 0.717) is 5.92 Å². The molecule has 2 aromatic rings. The molecule has 0 saturated heterocycles. The van der Waals surface area contributed by atoms with Gasteiger partial charge in [0.1, 0.15) is 5.82 Å². The maximum atomic E-state index is 4.79. The first-order chi connectivity index (χ1) is 10.3. The van der Waals surface area contributed by atoms with Crippen molar-refractivity contribution in [3.63, 3.8) is 0 Å². The number of nitrogens with zero attached hydrogens (tertiary/aromatic N) is 3. The highest BCUT2D eigenvalue weighted by atomic mass is 79.9. The number of benzene rings is 1. The summed E-state index contributed by atoms with van der Waals surface area (Å²) in [5.74, 6) is 1.72. The zero-order valence-corrected chi connectivity index (χ0v) is 13.5. The second kappa shape index (κ2) is 5.50. The minimum atomic E-state index is 0.647. The van der Waals surface area contributed by atoms with Gasteiger partial charge in [-0.25, -0.2) is 9.97 Å². The normalized spacial score (nSPS) is 18.5. The molecule has 3 nitrogen and oxygen atoms in total. The molecule has 0 atom stereocenters. The molecule has 0 spiro atoms. The second-order valence-electron chi connectivity index (χ2n) is 6.03. The summed E-state index contributed by atoms with van der Waals surface area (Å²) in [4.78, 5) is 11.8. The van der Waals surface area contributed by atoms with E-state index in [2.05, 4.69) is 56.3 Å². The van der Waals surface area contributed by atoms with E-state index in [0.717, 1.165) is 31.9 Å². The van der Waals surface area contributed by atoms with Crippen LogP contribution < -0.4 is 0 Å². The Morgan fingerprint density at radius 1 is 1.24 bits per heavy atom. The molecule has 21 heavy (non-hydrogen) atoms. The number of aromatic nitrogens is 2. The Kier molecular flexibility index (Phi) is 3.51. The molecule has 0 bridgehead atoms. The molecule has 108 valence electrons. The van der Waals surface area contributed by atoms with Gasteiger partial charge in [-0.15, -0.1) is 0 Å². The summed E-state index contributed by atoms with van der Waals surface area (Å²) in [5, 5.41) is 0. The van der Waals surface area contributed by atoms with E-state index in [9.17, 15) is 0 Å². The average molecular weight is 344 g/mol. The SMILES string of the molecule is Brc1ccccc1CN1CCc2nc(C3CC3)ncc2C1. The van der Waals surface area contributed by atoms with Crippen molar-refractivity contribution in [2.45, 2.75) is 38.3 Å². The standard InChI is InChI=1S/C17H18BrN3/c18-15-4-2-1-3-13(15)10-21-8-7-16-14(11-21)9-19-17(20-16)12-5-6-12/h1-4,9,12H,5-8,10-11H2. The molecule has 4 rings (SSSR count). The van der Waals surface area contributed by atoms with Gasteiger partial charge < -0.3 is 0 Å². The third-order valence-electron chi connectivity index (χ3n) is 4.33. The Morgan fingerprint density at radius 3 is 2.90 bits per heavy atom. The second-order valence-corrected chi connectivity index (χ2v) is 6.88. The lowest BCUT2D eigenvalue weighted by Gasteiger charge is -2.28. The first-order valence-electron chi connectivity index (χ1n) is 7.60. The molecule has 0 radical (unpaired) electrons. The highest BCUT2D eigenvalue weighted by molar-refractivity contribution is 9.10. The molecule has 0 N–H and O–H groups in total. The number of rotatable bonds is 3. The molecule has 2 heterocycles. The smallest absolute Gasteiger partial charge is 0.131 e. The summed E-state index contributed by atoms with van der Waals surface area (Å²) in [6.07, 6.45) is 5.64. The number of hydrogen-bond acceptors (Lipinski definition) is 3. The Balaban J connectivity index is 1.50. The van der Waals surface area contributed by atoms with Crippen LogP contribution in [0.3, 0.4) is 0 Å². The predicted octanol–water partition coefficient (Wildman–Crippen LogP) is 3.67. The van der Waals surface area contributed by atoms with Crippen LogP contribution in [0.5, 0.6) is 0 Å². The molecule has 1 fully saturated rings. The van der Waals surface area contributed by atoms with Crippen molar-refractivity contribution in [2.75, 3.05) is 6.54 Å². The van der Waals surface area contributed by atoms with Gasteiger partial charge in [0, 0.05) is 53.9 Å². The van der Waals surface area contributed by atoms with Crippen LogP contribution in [0.15, 0.2) is 34.9 Å². The summed E-state index contributed by atoms with van der Waals surface area (Å²) >= 11 is 3.64. The molecule has 2 aliphatic rings. The topological polar surface area (TPSA) is 29.0 Å². The van der Waals surface area contributed by atoms with Crippen LogP contribution >= 0.6 is 15.9 Å². The van der Waals surface area contributed by atoms with E-state index in [4.69, 9.17) is 4.98 Å². The molecular weight excluding hydrogens is 326 g/mol. The van der Waals surface area contributed by atoms with E-state index in [-0.39, 0.29) is 0 Å². The van der Waals surface area contributed by atoms with Gasteiger partial charge in [-0.2, -0.15) is 0 Å². The van der Waals surface area contributed by atoms with Crippen molar-refractivity contribution in [3.05, 3.63) is 57.6 Å². The van der Waals surface area contributed by atoms with Gasteiger partial charge in [0.2, 0.25) is 0 Å². The van der Waals surface area contributed by atoms with Crippen molar-refractivity contribution in [3.8, 4) is 0 Å². The molecule has 1 saturated carbocycles. The predicted molar refractivity (Wildman–Crippen MR) is 86.0 cm³/mol. The maximum absolute atomic E-state index is 4.79. The fraction of sp³-hybridized carbons (Fsp3) is 0.412. The molecule has 1 aromatic heterocycles. The van der Waals surface area contributed by atoms with Crippen molar-refractivity contribution in [1.29, 1.82) is 0 Å². The largest absolute Gasteiger partial charge is 0.294 e. The van der Waals surface area contributed by atoms with Crippen molar-refractivity contribution < 1.29 is 0 Å². The first-order valence-corrected chi connectivity index (χ1v) is 8.39. The van der Waals surface area contributed by atoms with E-state index in [1.54, 1.807) is 0 Å². The Morgan fingerprint density at radius 2 is 2.10 bits per heavy atom. The minimum absolute atomic E-state index is 0.647. The lowest BCUT2D eigenvalue weighted by Crippen LogP contribution is -2.31. The van der Waals surface area contributed by atoms with Crippen molar-refractivity contribution in [1.82, 2.24) is 14.9 Å². The maximum Gasteiger partial charge on any atom is 0.131 e. The van der Waals surface area contributed by atoms with Gasteiger partial charge in [-0.1, -0.05) is 34.1 Å². The van der Waals surface area contributed by atoms with E-state index < -0.39 is 0 Å². The minimum Gasteiger partial charge on any atom is -0.294 e. The number of fused-ring (bicyclic) bond motifs is 1. The van der Waals surface area contributed by atoms with Crippen LogP contribution in [-0.4, -0.2) is 21.4 Å². The lowest BCUT2D eigenvalue weighted by molar-refractivity contribution is 0.242. The van der Waals surface area contributed by atoms with Gasteiger partial charge in [0.15, 0.2) is 0 Å². The Hall–Kier alpha value is -1.26. The number of halogens is 1. The summed E-state index contributed by atoms with van der Waals surface area (Å²) in [6.45, 7) is 3.02. The van der Waals surface area contributed by atoms with E-state index >= 15 is 0 Å². The average Bonchev–Trinajstić information content (AvgIpc) is 3.34. The summed E-state index contributed by atoms with van der Waals surface area (Å²) in [7, 11) is 0. The molecule has 4 heteroatoms. The van der Waals surface area contributed by atoms with Gasteiger partial charge in [0.05, 0.1) is 0 Å². The summed E-state index contributed by atoms with van der Waals surface area (Å²) in [5.41, 5.74) is 3.92. The first kappa shape index (κ1) is 13.4. The molecule has 1 aromatic carbocycles. The fourth-order valence-electron chi connectivity index (χ4n) is 2.93. The zero-order chi connectivity index (χ0) is 14.2. The lowest BCUT2D eigenvalue weighted by atomic mass is 10.1. The van der Waals surface area contributed by atoms with Crippen molar-refractivity contribution >= 4 is 15.9 Å². The molecule has 1 aliphatic carbocycles. The van der Waals surface area contributed by atoms with E-state index in [1.165, 1.54) is 34.1 Å². The monoisotopic (exact) mass is 343 g/mol. The Bertz CT molecular complexity index is 667. The quantitative estimate of drug-likeness (QED) is 0.851. The van der Waals surface area contributed by atoms with Gasteiger partial charge in [-0.3, -0.25) is 4.90 Å².